The summed E-state index contributed by atoms with van der Waals surface area (Å²) in [5, 5.41) is 9.85. The van der Waals surface area contributed by atoms with Crippen molar-refractivity contribution in [3.05, 3.63) is 58.6 Å². The molecular weight excluding hydrogens is 276 g/mol. The van der Waals surface area contributed by atoms with E-state index in [1.54, 1.807) is 6.07 Å². The number of rotatable bonds is 6. The first-order chi connectivity index (χ1) is 9.72. The highest BCUT2D eigenvalue weighted by Crippen LogP contribution is 2.29. The SMILES string of the molecule is CCOc1cc(CO)ccc1OCc1ccc(Cl)cc1. The lowest BCUT2D eigenvalue weighted by molar-refractivity contribution is 0.264. The number of halogens is 1. The Bertz CT molecular complexity index is 552. The molecule has 0 aromatic heterocycles. The fraction of sp³-hybridized carbons (Fsp3) is 0.250. The number of aliphatic hydroxyl groups excluding tert-OH is 1. The Morgan fingerprint density at radius 3 is 2.30 bits per heavy atom. The van der Waals surface area contributed by atoms with Gasteiger partial charge >= 0.3 is 0 Å². The molecule has 0 radical (unpaired) electrons. The minimum Gasteiger partial charge on any atom is -0.490 e. The summed E-state index contributed by atoms with van der Waals surface area (Å²) in [4.78, 5) is 0. The van der Waals surface area contributed by atoms with Crippen molar-refractivity contribution in [3.63, 3.8) is 0 Å². The van der Waals surface area contributed by atoms with Gasteiger partial charge in [-0.2, -0.15) is 0 Å². The van der Waals surface area contributed by atoms with Crippen molar-refractivity contribution in [2.24, 2.45) is 0 Å². The van der Waals surface area contributed by atoms with E-state index >= 15 is 0 Å². The van der Waals surface area contributed by atoms with Crippen molar-refractivity contribution >= 4 is 11.6 Å². The van der Waals surface area contributed by atoms with E-state index in [0.29, 0.717) is 29.7 Å². The molecule has 0 atom stereocenters. The summed E-state index contributed by atoms with van der Waals surface area (Å²) in [6.45, 7) is 2.88. The van der Waals surface area contributed by atoms with Gasteiger partial charge in [0.15, 0.2) is 11.5 Å². The number of hydrogen-bond donors (Lipinski definition) is 1. The quantitative estimate of drug-likeness (QED) is 0.880. The number of benzene rings is 2. The van der Waals surface area contributed by atoms with Gasteiger partial charge in [-0.05, 0) is 42.3 Å². The molecule has 1 N–H and O–H groups in total. The van der Waals surface area contributed by atoms with E-state index in [1.807, 2.05) is 43.3 Å². The van der Waals surface area contributed by atoms with Crippen molar-refractivity contribution in [2.45, 2.75) is 20.1 Å². The van der Waals surface area contributed by atoms with Crippen molar-refractivity contribution in [1.82, 2.24) is 0 Å². The second-order valence-corrected chi connectivity index (χ2v) is 4.72. The van der Waals surface area contributed by atoms with Gasteiger partial charge in [-0.15, -0.1) is 0 Å². The minimum atomic E-state index is -0.0163. The predicted molar refractivity (Wildman–Crippen MR) is 79.3 cm³/mol. The standard InChI is InChI=1S/C16H17ClO3/c1-2-19-16-9-13(10-18)5-8-15(16)20-11-12-3-6-14(17)7-4-12/h3-9,18H,2,10-11H2,1H3. The summed E-state index contributed by atoms with van der Waals surface area (Å²) in [6, 6.07) is 12.9. The fourth-order valence-electron chi connectivity index (χ4n) is 1.78. The first-order valence-electron chi connectivity index (χ1n) is 6.46. The molecule has 2 rings (SSSR count). The lowest BCUT2D eigenvalue weighted by Gasteiger charge is -2.13. The molecular formula is C16H17ClO3. The van der Waals surface area contributed by atoms with Crippen LogP contribution in [0.1, 0.15) is 18.1 Å². The minimum absolute atomic E-state index is 0.0163. The maximum Gasteiger partial charge on any atom is 0.161 e. The second-order valence-electron chi connectivity index (χ2n) is 4.29. The van der Waals surface area contributed by atoms with Crippen LogP contribution in [0.3, 0.4) is 0 Å². The highest BCUT2D eigenvalue weighted by atomic mass is 35.5. The maximum absolute atomic E-state index is 9.15. The highest BCUT2D eigenvalue weighted by Gasteiger charge is 2.06. The Balaban J connectivity index is 2.09. The summed E-state index contributed by atoms with van der Waals surface area (Å²) in [5.74, 6) is 1.31. The molecule has 3 nitrogen and oxygen atoms in total. The van der Waals surface area contributed by atoms with Gasteiger partial charge in [-0.3, -0.25) is 0 Å². The van der Waals surface area contributed by atoms with E-state index in [1.165, 1.54) is 0 Å². The fourth-order valence-corrected chi connectivity index (χ4v) is 1.91. The Labute approximate surface area is 123 Å². The van der Waals surface area contributed by atoms with Crippen LogP contribution in [0.4, 0.5) is 0 Å². The van der Waals surface area contributed by atoms with E-state index in [9.17, 15) is 0 Å². The smallest absolute Gasteiger partial charge is 0.161 e. The van der Waals surface area contributed by atoms with Gasteiger partial charge in [0.25, 0.3) is 0 Å². The van der Waals surface area contributed by atoms with Crippen molar-refractivity contribution in [2.75, 3.05) is 6.61 Å². The molecule has 0 aliphatic rings. The molecule has 0 saturated carbocycles. The van der Waals surface area contributed by atoms with Crippen molar-refractivity contribution in [1.29, 1.82) is 0 Å². The molecule has 0 spiro atoms. The van der Waals surface area contributed by atoms with Crippen LogP contribution in [-0.4, -0.2) is 11.7 Å². The molecule has 0 heterocycles. The van der Waals surface area contributed by atoms with E-state index in [-0.39, 0.29) is 6.61 Å². The molecule has 0 aliphatic carbocycles. The van der Waals surface area contributed by atoms with Crippen LogP contribution in [-0.2, 0) is 13.2 Å². The summed E-state index contributed by atoms with van der Waals surface area (Å²) in [7, 11) is 0. The lowest BCUT2D eigenvalue weighted by Crippen LogP contribution is -2.00. The molecule has 4 heteroatoms. The van der Waals surface area contributed by atoms with Gasteiger partial charge in [0.05, 0.1) is 13.2 Å². The van der Waals surface area contributed by atoms with Crippen LogP contribution >= 0.6 is 11.6 Å². The van der Waals surface area contributed by atoms with E-state index in [0.717, 1.165) is 11.1 Å². The van der Waals surface area contributed by atoms with Gasteiger partial charge in [0.2, 0.25) is 0 Å². The number of ether oxygens (including phenoxy) is 2. The monoisotopic (exact) mass is 292 g/mol. The van der Waals surface area contributed by atoms with E-state index < -0.39 is 0 Å². The summed E-state index contributed by atoms with van der Waals surface area (Å²) < 4.78 is 11.3. The topological polar surface area (TPSA) is 38.7 Å². The van der Waals surface area contributed by atoms with E-state index in [4.69, 9.17) is 26.2 Å². The van der Waals surface area contributed by atoms with Crippen LogP contribution in [0.2, 0.25) is 5.02 Å². The number of hydrogen-bond acceptors (Lipinski definition) is 3. The first-order valence-corrected chi connectivity index (χ1v) is 6.84. The highest BCUT2D eigenvalue weighted by molar-refractivity contribution is 6.30. The molecule has 20 heavy (non-hydrogen) atoms. The Kier molecular flexibility index (Phi) is 5.27. The van der Waals surface area contributed by atoms with Crippen LogP contribution in [0.15, 0.2) is 42.5 Å². The predicted octanol–water partition coefficient (Wildman–Crippen LogP) is 3.81. The Morgan fingerprint density at radius 2 is 1.65 bits per heavy atom. The summed E-state index contributed by atoms with van der Waals surface area (Å²) in [5.41, 5.74) is 1.83. The summed E-state index contributed by atoms with van der Waals surface area (Å²) in [6.07, 6.45) is 0. The van der Waals surface area contributed by atoms with Crippen LogP contribution in [0.5, 0.6) is 11.5 Å². The molecule has 2 aromatic rings. The summed E-state index contributed by atoms with van der Waals surface area (Å²) >= 11 is 5.84. The van der Waals surface area contributed by atoms with Gasteiger partial charge < -0.3 is 14.6 Å². The zero-order valence-electron chi connectivity index (χ0n) is 11.3. The third kappa shape index (κ3) is 3.89. The van der Waals surface area contributed by atoms with Gasteiger partial charge in [-0.25, -0.2) is 0 Å². The third-order valence-electron chi connectivity index (χ3n) is 2.80. The molecule has 0 fully saturated rings. The van der Waals surface area contributed by atoms with Gasteiger partial charge in [0.1, 0.15) is 6.61 Å². The zero-order valence-corrected chi connectivity index (χ0v) is 12.1. The molecule has 0 amide bonds. The largest absolute Gasteiger partial charge is 0.490 e. The average molecular weight is 293 g/mol. The molecule has 0 bridgehead atoms. The molecule has 2 aromatic carbocycles. The lowest BCUT2D eigenvalue weighted by atomic mass is 10.2. The molecule has 0 aliphatic heterocycles. The second kappa shape index (κ2) is 7.17. The van der Waals surface area contributed by atoms with Crippen LogP contribution in [0, 0.1) is 0 Å². The van der Waals surface area contributed by atoms with Crippen molar-refractivity contribution in [3.8, 4) is 11.5 Å². The van der Waals surface area contributed by atoms with Crippen LogP contribution < -0.4 is 9.47 Å². The molecule has 0 unspecified atom stereocenters. The average Bonchev–Trinajstić information content (AvgIpc) is 2.48. The molecule has 0 saturated heterocycles. The Hall–Kier alpha value is -1.71. The number of aliphatic hydroxyl groups is 1. The zero-order chi connectivity index (χ0) is 14.4. The van der Waals surface area contributed by atoms with Gasteiger partial charge in [0, 0.05) is 5.02 Å². The first kappa shape index (κ1) is 14.7. The third-order valence-corrected chi connectivity index (χ3v) is 3.05. The Morgan fingerprint density at radius 1 is 0.950 bits per heavy atom. The molecule has 106 valence electrons. The van der Waals surface area contributed by atoms with E-state index in [2.05, 4.69) is 0 Å². The maximum atomic E-state index is 9.15. The van der Waals surface area contributed by atoms with Crippen LogP contribution in [0.25, 0.3) is 0 Å². The normalized spacial score (nSPS) is 10.3. The van der Waals surface area contributed by atoms with Gasteiger partial charge in [-0.1, -0.05) is 29.8 Å². The van der Waals surface area contributed by atoms with Crippen molar-refractivity contribution < 1.29 is 14.6 Å².